The van der Waals surface area contributed by atoms with Crippen LogP contribution in [0, 0.1) is 0 Å². The van der Waals surface area contributed by atoms with Crippen LogP contribution in [-0.4, -0.2) is 15.5 Å². The molecule has 0 fully saturated rings. The highest BCUT2D eigenvalue weighted by molar-refractivity contribution is 5.93. The van der Waals surface area contributed by atoms with E-state index < -0.39 is 0 Å². The van der Waals surface area contributed by atoms with Crippen molar-refractivity contribution in [1.82, 2.24) is 9.55 Å². The molecule has 3 aromatic rings. The molecule has 1 unspecified atom stereocenters. The molecule has 1 amide bonds. The van der Waals surface area contributed by atoms with Crippen molar-refractivity contribution in [1.29, 1.82) is 0 Å². The summed E-state index contributed by atoms with van der Waals surface area (Å²) >= 11 is 0. The number of fused-ring (bicyclic) bond motifs is 1. The second-order valence-electron chi connectivity index (χ2n) is 6.18. The number of imidazole rings is 1. The predicted octanol–water partition coefficient (Wildman–Crippen LogP) is 3.60. The molecule has 1 aliphatic heterocycles. The number of anilines is 1. The number of nitrogens with zero attached hydrogens (tertiary/aromatic N) is 2. The van der Waals surface area contributed by atoms with Crippen LogP contribution in [0.2, 0.25) is 0 Å². The van der Waals surface area contributed by atoms with Gasteiger partial charge >= 0.3 is 0 Å². The topological polar surface area (TPSA) is 46.9 Å². The smallest absolute Gasteiger partial charge is 0.224 e. The van der Waals surface area contributed by atoms with Crippen LogP contribution in [0.25, 0.3) is 0 Å². The monoisotopic (exact) mass is 317 g/mol. The molecule has 0 spiro atoms. The van der Waals surface area contributed by atoms with Gasteiger partial charge in [-0.05, 0) is 35.6 Å². The summed E-state index contributed by atoms with van der Waals surface area (Å²) in [6, 6.07) is 17.0. The second-order valence-corrected chi connectivity index (χ2v) is 6.18. The highest BCUT2D eigenvalue weighted by Gasteiger charge is 2.19. The number of nitrogens with one attached hydrogen (secondary N) is 1. The van der Waals surface area contributed by atoms with Crippen LogP contribution in [0.3, 0.4) is 0 Å². The first-order chi connectivity index (χ1) is 11.8. The largest absolute Gasteiger partial charge is 0.330 e. The van der Waals surface area contributed by atoms with Crippen molar-refractivity contribution in [2.24, 2.45) is 0 Å². The molecule has 0 aliphatic carbocycles. The molecule has 1 aromatic heterocycles. The molecule has 4 nitrogen and oxygen atoms in total. The van der Waals surface area contributed by atoms with E-state index >= 15 is 0 Å². The van der Waals surface area contributed by atoms with E-state index in [0.29, 0.717) is 6.42 Å². The minimum absolute atomic E-state index is 0.102. The molecule has 1 aliphatic rings. The molecule has 4 rings (SSSR count). The van der Waals surface area contributed by atoms with E-state index in [1.165, 1.54) is 16.7 Å². The summed E-state index contributed by atoms with van der Waals surface area (Å²) < 4.78 is 2.15. The highest BCUT2D eigenvalue weighted by Crippen LogP contribution is 2.29. The van der Waals surface area contributed by atoms with Gasteiger partial charge in [0, 0.05) is 24.5 Å². The Bertz CT molecular complexity index is 841. The van der Waals surface area contributed by atoms with E-state index in [1.54, 1.807) is 0 Å². The van der Waals surface area contributed by atoms with Gasteiger partial charge in [0.15, 0.2) is 0 Å². The summed E-state index contributed by atoms with van der Waals surface area (Å²) in [6.45, 7) is 0. The number of aryl methyl sites for hydroxylation is 1. The number of rotatable bonds is 4. The third kappa shape index (κ3) is 2.95. The Morgan fingerprint density at radius 1 is 1.12 bits per heavy atom. The van der Waals surface area contributed by atoms with E-state index in [4.69, 9.17) is 0 Å². The van der Waals surface area contributed by atoms with Gasteiger partial charge in [0.25, 0.3) is 0 Å². The third-order valence-corrected chi connectivity index (χ3v) is 4.57. The number of hydrogen-bond acceptors (Lipinski definition) is 2. The molecular formula is C20H19N3O. The Labute approximate surface area is 141 Å². The number of hydrogen-bond donors (Lipinski definition) is 1. The van der Waals surface area contributed by atoms with Gasteiger partial charge in [-0.1, -0.05) is 42.5 Å². The van der Waals surface area contributed by atoms with Crippen molar-refractivity contribution in [2.45, 2.75) is 25.3 Å². The number of benzene rings is 2. The fraction of sp³-hybridized carbons (Fsp3) is 0.200. The molecule has 2 heterocycles. The summed E-state index contributed by atoms with van der Waals surface area (Å²) in [5, 5.41) is 2.95. The molecule has 0 radical (unpaired) electrons. The molecule has 0 saturated carbocycles. The lowest BCUT2D eigenvalue weighted by molar-refractivity contribution is -0.116. The Hall–Kier alpha value is -2.88. The lowest BCUT2D eigenvalue weighted by atomic mass is 9.94. The van der Waals surface area contributed by atoms with E-state index in [2.05, 4.69) is 51.3 Å². The SMILES string of the molecule is O=C1CCc2cc(C(Cc3ccccc3)n3ccnc3)ccc2N1. The first kappa shape index (κ1) is 14.7. The quantitative estimate of drug-likeness (QED) is 0.799. The molecule has 2 aromatic carbocycles. The Balaban J connectivity index is 1.70. The predicted molar refractivity (Wildman–Crippen MR) is 93.9 cm³/mol. The standard InChI is InChI=1S/C20H19N3O/c24-20-9-7-16-13-17(6-8-18(16)22-20)19(23-11-10-21-14-23)12-15-4-2-1-3-5-15/h1-6,8,10-11,13-14,19H,7,9,12H2,(H,22,24). The summed E-state index contributed by atoms with van der Waals surface area (Å²) in [4.78, 5) is 15.8. The average molecular weight is 317 g/mol. The van der Waals surface area contributed by atoms with Crippen LogP contribution >= 0.6 is 0 Å². The highest BCUT2D eigenvalue weighted by atomic mass is 16.1. The first-order valence-electron chi connectivity index (χ1n) is 8.23. The van der Waals surface area contributed by atoms with Crippen molar-refractivity contribution < 1.29 is 4.79 Å². The van der Waals surface area contributed by atoms with Gasteiger partial charge in [-0.3, -0.25) is 4.79 Å². The molecule has 4 heteroatoms. The molecule has 24 heavy (non-hydrogen) atoms. The van der Waals surface area contributed by atoms with Gasteiger partial charge in [0.2, 0.25) is 5.91 Å². The van der Waals surface area contributed by atoms with Gasteiger partial charge in [-0.15, -0.1) is 0 Å². The maximum atomic E-state index is 11.5. The van der Waals surface area contributed by atoms with Gasteiger partial charge in [0.05, 0.1) is 12.4 Å². The van der Waals surface area contributed by atoms with Gasteiger partial charge < -0.3 is 9.88 Å². The summed E-state index contributed by atoms with van der Waals surface area (Å²) in [5.41, 5.74) is 4.69. The van der Waals surface area contributed by atoms with E-state index in [1.807, 2.05) is 30.9 Å². The van der Waals surface area contributed by atoms with Crippen LogP contribution in [-0.2, 0) is 17.6 Å². The number of aromatic nitrogens is 2. The zero-order chi connectivity index (χ0) is 16.4. The Kier molecular flexibility index (Phi) is 3.87. The van der Waals surface area contributed by atoms with Crippen molar-refractivity contribution >= 4 is 11.6 Å². The Morgan fingerprint density at radius 2 is 2.00 bits per heavy atom. The lowest BCUT2D eigenvalue weighted by Crippen LogP contribution is -2.20. The van der Waals surface area contributed by atoms with Crippen molar-refractivity contribution in [3.05, 3.63) is 83.9 Å². The van der Waals surface area contributed by atoms with Crippen molar-refractivity contribution in [2.75, 3.05) is 5.32 Å². The van der Waals surface area contributed by atoms with Crippen LogP contribution in [0.4, 0.5) is 5.69 Å². The van der Waals surface area contributed by atoms with Crippen LogP contribution in [0.5, 0.6) is 0 Å². The third-order valence-electron chi connectivity index (χ3n) is 4.57. The van der Waals surface area contributed by atoms with Crippen molar-refractivity contribution in [3.8, 4) is 0 Å². The fourth-order valence-corrected chi connectivity index (χ4v) is 3.30. The van der Waals surface area contributed by atoms with Crippen LogP contribution < -0.4 is 5.32 Å². The van der Waals surface area contributed by atoms with Gasteiger partial charge in [-0.25, -0.2) is 4.98 Å². The maximum absolute atomic E-state index is 11.5. The molecular weight excluding hydrogens is 298 g/mol. The first-order valence-corrected chi connectivity index (χ1v) is 8.23. The van der Waals surface area contributed by atoms with Gasteiger partial charge in [0.1, 0.15) is 0 Å². The number of carbonyl (C=O) groups is 1. The van der Waals surface area contributed by atoms with Gasteiger partial charge in [-0.2, -0.15) is 0 Å². The minimum Gasteiger partial charge on any atom is -0.330 e. The average Bonchev–Trinajstić information content (AvgIpc) is 3.14. The molecule has 1 N–H and O–H groups in total. The number of carbonyl (C=O) groups excluding carboxylic acids is 1. The van der Waals surface area contributed by atoms with Crippen LogP contribution in [0.15, 0.2) is 67.3 Å². The number of amides is 1. The molecule has 1 atom stereocenters. The lowest BCUT2D eigenvalue weighted by Gasteiger charge is -2.23. The second kappa shape index (κ2) is 6.32. The summed E-state index contributed by atoms with van der Waals surface area (Å²) in [6.07, 6.45) is 7.96. The molecule has 0 saturated heterocycles. The van der Waals surface area contributed by atoms with E-state index in [-0.39, 0.29) is 11.9 Å². The molecule has 0 bridgehead atoms. The Morgan fingerprint density at radius 3 is 2.79 bits per heavy atom. The van der Waals surface area contributed by atoms with E-state index in [9.17, 15) is 4.79 Å². The molecule has 120 valence electrons. The van der Waals surface area contributed by atoms with Crippen LogP contribution in [0.1, 0.15) is 29.2 Å². The van der Waals surface area contributed by atoms with E-state index in [0.717, 1.165) is 18.5 Å². The zero-order valence-electron chi connectivity index (χ0n) is 13.4. The zero-order valence-corrected chi connectivity index (χ0v) is 13.4. The maximum Gasteiger partial charge on any atom is 0.224 e. The summed E-state index contributed by atoms with van der Waals surface area (Å²) in [7, 11) is 0. The summed E-state index contributed by atoms with van der Waals surface area (Å²) in [5.74, 6) is 0.102. The minimum atomic E-state index is 0.102. The normalized spacial score (nSPS) is 14.8. The fourth-order valence-electron chi connectivity index (χ4n) is 3.30. The van der Waals surface area contributed by atoms with Crippen molar-refractivity contribution in [3.63, 3.8) is 0 Å².